The van der Waals surface area contributed by atoms with Crippen LogP contribution in [0.4, 0.5) is 0 Å². The molecule has 0 fully saturated rings. The quantitative estimate of drug-likeness (QED) is 0.316. The number of hydrogen-bond acceptors (Lipinski definition) is 7. The van der Waals surface area contributed by atoms with Crippen molar-refractivity contribution in [3.63, 3.8) is 0 Å². The van der Waals surface area contributed by atoms with Gasteiger partial charge >= 0.3 is 0 Å². The zero-order valence-electron chi connectivity index (χ0n) is 13.0. The van der Waals surface area contributed by atoms with Gasteiger partial charge in [-0.2, -0.15) is 0 Å². The Labute approximate surface area is 131 Å². The molecule has 0 unspecified atom stereocenters. The summed E-state index contributed by atoms with van der Waals surface area (Å²) in [7, 11) is 1.77. The summed E-state index contributed by atoms with van der Waals surface area (Å²) in [5.74, 6) is 5.76. The van der Waals surface area contributed by atoms with E-state index in [1.54, 1.807) is 19.4 Å². The number of nitrogens with zero attached hydrogens (tertiary/aromatic N) is 1. The smallest absolute Gasteiger partial charge is 0.0564 e. The maximum atomic E-state index is 6.10. The SMILES string of the molecule is CCN(N)/C=C(\N)c1cc(/C(N)=C/N)cc(/C(N)=C/NC)c1. The Kier molecular flexibility index (Phi) is 6.15. The number of nitrogens with two attached hydrogens (primary N) is 5. The first-order chi connectivity index (χ1) is 10.4. The molecule has 0 aliphatic rings. The second-order valence-electron chi connectivity index (χ2n) is 4.72. The predicted molar refractivity (Wildman–Crippen MR) is 92.7 cm³/mol. The Morgan fingerprint density at radius 1 is 1.05 bits per heavy atom. The normalized spacial score (nSPS) is 13.1. The molecule has 0 aromatic heterocycles. The highest BCUT2D eigenvalue weighted by molar-refractivity contribution is 5.75. The standard InChI is InChI=1S/C15H25N7/c1-3-22(20)9-15(19)12-5-10(13(17)7-16)4-11(6-12)14(18)8-21-2/h4-9,21H,3,16-20H2,1-2H3/b13-7-,14-8-,15-9-. The van der Waals surface area contributed by atoms with Gasteiger partial charge in [0.05, 0.1) is 17.1 Å². The number of benzene rings is 1. The lowest BCUT2D eigenvalue weighted by Crippen LogP contribution is -2.25. The summed E-state index contributed by atoms with van der Waals surface area (Å²) in [6, 6.07) is 5.55. The van der Waals surface area contributed by atoms with Crippen LogP contribution in [-0.2, 0) is 0 Å². The lowest BCUT2D eigenvalue weighted by molar-refractivity contribution is 0.418. The average molecular weight is 303 g/mol. The highest BCUT2D eigenvalue weighted by Crippen LogP contribution is 2.21. The third-order valence-corrected chi connectivity index (χ3v) is 3.08. The monoisotopic (exact) mass is 303 g/mol. The molecule has 1 rings (SSSR count). The fourth-order valence-corrected chi connectivity index (χ4v) is 1.81. The van der Waals surface area contributed by atoms with Gasteiger partial charge in [-0.3, -0.25) is 0 Å². The van der Waals surface area contributed by atoms with Crippen LogP contribution in [-0.4, -0.2) is 18.6 Å². The zero-order valence-corrected chi connectivity index (χ0v) is 13.0. The molecule has 0 heterocycles. The molecule has 0 amide bonds. The molecule has 22 heavy (non-hydrogen) atoms. The van der Waals surface area contributed by atoms with Crippen LogP contribution < -0.4 is 34.1 Å². The van der Waals surface area contributed by atoms with Crippen molar-refractivity contribution in [3.8, 4) is 0 Å². The van der Waals surface area contributed by atoms with Crippen LogP contribution in [0.3, 0.4) is 0 Å². The molecule has 0 aliphatic carbocycles. The van der Waals surface area contributed by atoms with Crippen LogP contribution in [0.2, 0.25) is 0 Å². The van der Waals surface area contributed by atoms with Gasteiger partial charge < -0.3 is 33.3 Å². The third-order valence-electron chi connectivity index (χ3n) is 3.08. The van der Waals surface area contributed by atoms with Gasteiger partial charge in [0.1, 0.15) is 0 Å². The van der Waals surface area contributed by atoms with Gasteiger partial charge in [0.15, 0.2) is 0 Å². The second kappa shape index (κ2) is 7.84. The van der Waals surface area contributed by atoms with Crippen LogP contribution >= 0.6 is 0 Å². The van der Waals surface area contributed by atoms with Gasteiger partial charge in [-0.1, -0.05) is 0 Å². The van der Waals surface area contributed by atoms with Gasteiger partial charge in [0.2, 0.25) is 0 Å². The molecule has 0 atom stereocenters. The Morgan fingerprint density at radius 3 is 2.00 bits per heavy atom. The van der Waals surface area contributed by atoms with Crippen molar-refractivity contribution in [2.75, 3.05) is 13.6 Å². The molecule has 120 valence electrons. The third kappa shape index (κ3) is 4.35. The first-order valence-electron chi connectivity index (χ1n) is 6.88. The van der Waals surface area contributed by atoms with E-state index in [-0.39, 0.29) is 0 Å². The van der Waals surface area contributed by atoms with Crippen molar-refractivity contribution >= 4 is 17.1 Å². The molecule has 7 nitrogen and oxygen atoms in total. The topological polar surface area (TPSA) is 145 Å². The lowest BCUT2D eigenvalue weighted by Gasteiger charge is -2.14. The minimum atomic E-state index is 0.438. The number of hydrogen-bond donors (Lipinski definition) is 6. The summed E-state index contributed by atoms with van der Waals surface area (Å²) < 4.78 is 0. The van der Waals surface area contributed by atoms with E-state index in [1.165, 1.54) is 11.2 Å². The molecular formula is C15H25N7. The fraction of sp³-hybridized carbons (Fsp3) is 0.200. The van der Waals surface area contributed by atoms with Crippen molar-refractivity contribution < 1.29 is 0 Å². The molecule has 0 aliphatic heterocycles. The number of rotatable bonds is 6. The molecule has 0 radical (unpaired) electrons. The maximum absolute atomic E-state index is 6.10. The van der Waals surface area contributed by atoms with Gasteiger partial charge in [0.25, 0.3) is 0 Å². The first kappa shape index (κ1) is 17.3. The average Bonchev–Trinajstić information content (AvgIpc) is 2.53. The van der Waals surface area contributed by atoms with Crippen LogP contribution in [0, 0.1) is 0 Å². The summed E-state index contributed by atoms with van der Waals surface area (Å²) in [5, 5.41) is 4.38. The summed E-state index contributed by atoms with van der Waals surface area (Å²) >= 11 is 0. The van der Waals surface area contributed by atoms with Gasteiger partial charge in [0, 0.05) is 48.9 Å². The molecule has 0 saturated heterocycles. The van der Waals surface area contributed by atoms with Crippen molar-refractivity contribution in [2.45, 2.75) is 6.92 Å². The molecule has 0 bridgehead atoms. The lowest BCUT2D eigenvalue weighted by atomic mass is 10.0. The Balaban J connectivity index is 3.42. The zero-order chi connectivity index (χ0) is 16.7. The Morgan fingerprint density at radius 2 is 1.55 bits per heavy atom. The molecule has 0 spiro atoms. The van der Waals surface area contributed by atoms with Crippen LogP contribution in [0.25, 0.3) is 17.1 Å². The number of nitrogens with one attached hydrogen (secondary N) is 1. The predicted octanol–water partition coefficient (Wildman–Crippen LogP) is -0.168. The van der Waals surface area contributed by atoms with Gasteiger partial charge in [-0.25, -0.2) is 5.84 Å². The summed E-state index contributed by atoms with van der Waals surface area (Å²) in [4.78, 5) is 0. The van der Waals surface area contributed by atoms with E-state index in [1.807, 2.05) is 25.1 Å². The van der Waals surface area contributed by atoms with Crippen LogP contribution in [0.5, 0.6) is 0 Å². The summed E-state index contributed by atoms with van der Waals surface area (Å²) in [6.07, 6.45) is 4.68. The number of hydrazine groups is 1. The van der Waals surface area contributed by atoms with Crippen molar-refractivity contribution in [1.29, 1.82) is 0 Å². The van der Waals surface area contributed by atoms with Crippen molar-refractivity contribution in [1.82, 2.24) is 10.3 Å². The highest BCUT2D eigenvalue weighted by atomic mass is 15.4. The van der Waals surface area contributed by atoms with E-state index < -0.39 is 0 Å². The summed E-state index contributed by atoms with van der Waals surface area (Å²) in [5.41, 5.74) is 27.3. The minimum absolute atomic E-state index is 0.438. The van der Waals surface area contributed by atoms with E-state index in [0.717, 1.165) is 16.7 Å². The Bertz CT molecular complexity index is 602. The van der Waals surface area contributed by atoms with E-state index in [4.69, 9.17) is 28.8 Å². The fourth-order valence-electron chi connectivity index (χ4n) is 1.81. The molecule has 1 aromatic carbocycles. The summed E-state index contributed by atoms with van der Waals surface area (Å²) in [6.45, 7) is 2.56. The molecule has 11 N–H and O–H groups in total. The van der Waals surface area contributed by atoms with E-state index in [2.05, 4.69) is 5.32 Å². The van der Waals surface area contributed by atoms with Gasteiger partial charge in [-0.05, 0) is 25.1 Å². The first-order valence-corrected chi connectivity index (χ1v) is 6.88. The second-order valence-corrected chi connectivity index (χ2v) is 4.72. The van der Waals surface area contributed by atoms with Crippen molar-refractivity contribution in [3.05, 3.63) is 53.5 Å². The molecule has 7 heteroatoms. The van der Waals surface area contributed by atoms with Crippen LogP contribution in [0.1, 0.15) is 23.6 Å². The van der Waals surface area contributed by atoms with E-state index in [0.29, 0.717) is 23.6 Å². The highest BCUT2D eigenvalue weighted by Gasteiger charge is 2.08. The Hall–Kier alpha value is -2.80. The van der Waals surface area contributed by atoms with Gasteiger partial charge in [-0.15, -0.1) is 0 Å². The molecular weight excluding hydrogens is 278 g/mol. The van der Waals surface area contributed by atoms with E-state index >= 15 is 0 Å². The molecule has 1 aromatic rings. The van der Waals surface area contributed by atoms with Crippen molar-refractivity contribution in [2.24, 2.45) is 28.8 Å². The van der Waals surface area contributed by atoms with Crippen LogP contribution in [0.15, 0.2) is 36.8 Å². The maximum Gasteiger partial charge on any atom is 0.0564 e. The largest absolute Gasteiger partial charge is 0.403 e. The minimum Gasteiger partial charge on any atom is -0.403 e. The molecule has 0 saturated carbocycles. The van der Waals surface area contributed by atoms with E-state index in [9.17, 15) is 0 Å².